The van der Waals surface area contributed by atoms with E-state index in [1.54, 1.807) is 6.07 Å². The summed E-state index contributed by atoms with van der Waals surface area (Å²) >= 11 is 0. The summed E-state index contributed by atoms with van der Waals surface area (Å²) in [5.41, 5.74) is 1.73. The summed E-state index contributed by atoms with van der Waals surface area (Å²) in [5.74, 6) is -0.207. The molecule has 0 aliphatic carbocycles. The molecule has 0 atom stereocenters. The standard InChI is InChI=1S/C13H15F3N2O/c1-18(2)6-5-9-8-17-12-7-10(3-4-11(9)12)19-13(14,15)16/h3-4,7-8,17H,5-6H2,1-2H3. The smallest absolute Gasteiger partial charge is 0.406 e. The number of rotatable bonds is 4. The van der Waals surface area contributed by atoms with Crippen LogP contribution >= 0.6 is 0 Å². The molecule has 3 nitrogen and oxygen atoms in total. The number of hydrogen-bond donors (Lipinski definition) is 1. The molecule has 0 aliphatic heterocycles. The van der Waals surface area contributed by atoms with Crippen molar-refractivity contribution >= 4 is 10.9 Å². The van der Waals surface area contributed by atoms with Crippen LogP contribution in [0.2, 0.25) is 0 Å². The number of halogens is 3. The molecule has 0 amide bonds. The summed E-state index contributed by atoms with van der Waals surface area (Å²) < 4.78 is 40.2. The molecule has 0 saturated heterocycles. The largest absolute Gasteiger partial charge is 0.573 e. The summed E-state index contributed by atoms with van der Waals surface area (Å²) in [7, 11) is 3.95. The highest BCUT2D eigenvalue weighted by Crippen LogP contribution is 2.27. The van der Waals surface area contributed by atoms with Crippen molar-refractivity contribution in [1.82, 2.24) is 9.88 Å². The van der Waals surface area contributed by atoms with Crippen LogP contribution in [0.25, 0.3) is 10.9 Å². The maximum Gasteiger partial charge on any atom is 0.573 e. The Bertz CT molecular complexity index is 561. The van der Waals surface area contributed by atoms with Crippen molar-refractivity contribution in [2.24, 2.45) is 0 Å². The van der Waals surface area contributed by atoms with Crippen molar-refractivity contribution in [2.45, 2.75) is 12.8 Å². The van der Waals surface area contributed by atoms with E-state index in [1.165, 1.54) is 12.1 Å². The molecule has 19 heavy (non-hydrogen) atoms. The zero-order chi connectivity index (χ0) is 14.0. The van der Waals surface area contributed by atoms with Crippen LogP contribution in [-0.2, 0) is 6.42 Å². The number of aromatic nitrogens is 1. The third kappa shape index (κ3) is 3.64. The van der Waals surface area contributed by atoms with Gasteiger partial charge in [0.15, 0.2) is 0 Å². The average molecular weight is 272 g/mol. The van der Waals surface area contributed by atoms with Crippen molar-refractivity contribution in [3.05, 3.63) is 30.0 Å². The Kier molecular flexibility index (Phi) is 3.71. The summed E-state index contributed by atoms with van der Waals surface area (Å²) in [5, 5.41) is 0.927. The molecule has 0 spiro atoms. The van der Waals surface area contributed by atoms with Gasteiger partial charge in [0.25, 0.3) is 0 Å². The van der Waals surface area contributed by atoms with E-state index in [0.29, 0.717) is 5.52 Å². The first-order valence-corrected chi connectivity index (χ1v) is 5.85. The van der Waals surface area contributed by atoms with Gasteiger partial charge in [-0.2, -0.15) is 0 Å². The van der Waals surface area contributed by atoms with E-state index in [-0.39, 0.29) is 5.75 Å². The highest BCUT2D eigenvalue weighted by molar-refractivity contribution is 5.84. The zero-order valence-corrected chi connectivity index (χ0v) is 10.7. The molecule has 1 heterocycles. The van der Waals surface area contributed by atoms with Gasteiger partial charge in [-0.05, 0) is 38.2 Å². The Balaban J connectivity index is 2.21. The first kappa shape index (κ1) is 13.7. The van der Waals surface area contributed by atoms with E-state index in [9.17, 15) is 13.2 Å². The molecule has 0 unspecified atom stereocenters. The Labute approximate surface area is 109 Å². The number of ether oxygens (including phenoxy) is 1. The molecule has 104 valence electrons. The fourth-order valence-electron chi connectivity index (χ4n) is 1.91. The third-order valence-corrected chi connectivity index (χ3v) is 2.80. The number of fused-ring (bicyclic) bond motifs is 1. The van der Waals surface area contributed by atoms with E-state index < -0.39 is 6.36 Å². The lowest BCUT2D eigenvalue weighted by Crippen LogP contribution is -2.17. The van der Waals surface area contributed by atoms with Gasteiger partial charge in [0, 0.05) is 29.7 Å². The molecule has 0 radical (unpaired) electrons. The average Bonchev–Trinajstić information content (AvgIpc) is 2.66. The number of likely N-dealkylation sites (N-methyl/N-ethyl adjacent to an activating group) is 1. The molecule has 0 saturated carbocycles. The van der Waals surface area contributed by atoms with Gasteiger partial charge >= 0.3 is 6.36 Å². The Hall–Kier alpha value is -1.69. The quantitative estimate of drug-likeness (QED) is 0.926. The predicted molar refractivity (Wildman–Crippen MR) is 67.2 cm³/mol. The number of H-pyrrole nitrogens is 1. The van der Waals surface area contributed by atoms with Gasteiger partial charge in [-0.15, -0.1) is 13.2 Å². The fourth-order valence-corrected chi connectivity index (χ4v) is 1.91. The molecule has 2 aromatic rings. The van der Waals surface area contributed by atoms with Crippen LogP contribution in [0.5, 0.6) is 5.75 Å². The number of alkyl halides is 3. The fraction of sp³-hybridized carbons (Fsp3) is 0.385. The summed E-state index contributed by atoms with van der Waals surface area (Å²) in [6, 6.07) is 4.35. The lowest BCUT2D eigenvalue weighted by atomic mass is 10.1. The van der Waals surface area contributed by atoms with E-state index in [4.69, 9.17) is 0 Å². The van der Waals surface area contributed by atoms with Crippen LogP contribution in [0.3, 0.4) is 0 Å². The van der Waals surface area contributed by atoms with Gasteiger partial charge in [0.05, 0.1) is 0 Å². The molecule has 1 N–H and O–H groups in total. The van der Waals surface area contributed by atoms with E-state index in [1.807, 2.05) is 20.3 Å². The topological polar surface area (TPSA) is 28.3 Å². The van der Waals surface area contributed by atoms with E-state index in [0.717, 1.165) is 23.9 Å². The molecule has 0 fully saturated rings. The molecular weight excluding hydrogens is 257 g/mol. The second kappa shape index (κ2) is 5.13. The monoisotopic (exact) mass is 272 g/mol. The predicted octanol–water partition coefficient (Wildman–Crippen LogP) is 3.17. The molecule has 0 bridgehead atoms. The summed E-state index contributed by atoms with van der Waals surface area (Å²) in [6.07, 6.45) is -1.99. The molecule has 2 rings (SSSR count). The number of benzene rings is 1. The SMILES string of the molecule is CN(C)CCc1c[nH]c2cc(OC(F)(F)F)ccc12. The highest BCUT2D eigenvalue weighted by Gasteiger charge is 2.31. The Morgan fingerprint density at radius 1 is 1.26 bits per heavy atom. The molecule has 0 aliphatic rings. The van der Waals surface area contributed by atoms with Crippen molar-refractivity contribution in [3.8, 4) is 5.75 Å². The van der Waals surface area contributed by atoms with Gasteiger partial charge in [0.1, 0.15) is 5.75 Å². The first-order chi connectivity index (χ1) is 8.85. The molecule has 1 aromatic heterocycles. The van der Waals surface area contributed by atoms with Gasteiger partial charge in [0.2, 0.25) is 0 Å². The number of hydrogen-bond acceptors (Lipinski definition) is 2. The highest BCUT2D eigenvalue weighted by atomic mass is 19.4. The number of nitrogens with one attached hydrogen (secondary N) is 1. The molecule has 6 heteroatoms. The lowest BCUT2D eigenvalue weighted by molar-refractivity contribution is -0.274. The summed E-state index contributed by atoms with van der Waals surface area (Å²) in [6.45, 7) is 0.883. The van der Waals surface area contributed by atoms with Crippen LogP contribution in [0, 0.1) is 0 Å². The van der Waals surface area contributed by atoms with E-state index in [2.05, 4.69) is 14.6 Å². The number of nitrogens with zero attached hydrogens (tertiary/aromatic N) is 1. The van der Waals surface area contributed by atoms with Crippen molar-refractivity contribution in [2.75, 3.05) is 20.6 Å². The third-order valence-electron chi connectivity index (χ3n) is 2.80. The lowest BCUT2D eigenvalue weighted by Gasteiger charge is -2.09. The van der Waals surface area contributed by atoms with Crippen molar-refractivity contribution in [3.63, 3.8) is 0 Å². The molecule has 1 aromatic carbocycles. The van der Waals surface area contributed by atoms with Crippen LogP contribution in [0.4, 0.5) is 13.2 Å². The Morgan fingerprint density at radius 3 is 2.63 bits per heavy atom. The maximum atomic E-state index is 12.1. The van der Waals surface area contributed by atoms with Gasteiger partial charge < -0.3 is 14.6 Å². The minimum absolute atomic E-state index is 0.207. The molecular formula is C13H15F3N2O. The summed E-state index contributed by atoms with van der Waals surface area (Å²) in [4.78, 5) is 5.03. The van der Waals surface area contributed by atoms with Gasteiger partial charge in [-0.3, -0.25) is 0 Å². The normalized spacial score (nSPS) is 12.3. The van der Waals surface area contributed by atoms with Gasteiger partial charge in [-0.1, -0.05) is 0 Å². The van der Waals surface area contributed by atoms with E-state index >= 15 is 0 Å². The minimum Gasteiger partial charge on any atom is -0.406 e. The van der Waals surface area contributed by atoms with Crippen molar-refractivity contribution < 1.29 is 17.9 Å². The van der Waals surface area contributed by atoms with Crippen LogP contribution in [0.1, 0.15) is 5.56 Å². The first-order valence-electron chi connectivity index (χ1n) is 5.85. The van der Waals surface area contributed by atoms with Crippen LogP contribution in [-0.4, -0.2) is 36.9 Å². The minimum atomic E-state index is -4.66. The Morgan fingerprint density at radius 2 is 2.00 bits per heavy atom. The van der Waals surface area contributed by atoms with Crippen molar-refractivity contribution in [1.29, 1.82) is 0 Å². The second-order valence-electron chi connectivity index (χ2n) is 4.62. The van der Waals surface area contributed by atoms with Gasteiger partial charge in [-0.25, -0.2) is 0 Å². The van der Waals surface area contributed by atoms with Crippen LogP contribution < -0.4 is 4.74 Å². The number of aromatic amines is 1. The van der Waals surface area contributed by atoms with Crippen LogP contribution in [0.15, 0.2) is 24.4 Å². The second-order valence-corrected chi connectivity index (χ2v) is 4.62. The zero-order valence-electron chi connectivity index (χ0n) is 10.7. The maximum absolute atomic E-state index is 12.1.